The number of carbonyl (C=O) groups is 1. The number of benzene rings is 2. The van der Waals surface area contributed by atoms with Crippen LogP contribution in [0.3, 0.4) is 0 Å². The molecule has 0 saturated carbocycles. The Bertz CT molecular complexity index is 622. The van der Waals surface area contributed by atoms with E-state index in [1.165, 1.54) is 0 Å². The quantitative estimate of drug-likeness (QED) is 0.907. The van der Waals surface area contributed by atoms with Gasteiger partial charge in [-0.15, -0.1) is 0 Å². The van der Waals surface area contributed by atoms with Crippen molar-refractivity contribution in [3.63, 3.8) is 0 Å². The number of amides is 1. The zero-order valence-electron chi connectivity index (χ0n) is 12.4. The van der Waals surface area contributed by atoms with Crippen molar-refractivity contribution in [3.05, 3.63) is 54.6 Å². The fraction of sp³-hybridized carbons (Fsp3) is 0.278. The average molecular weight is 296 g/mol. The molecule has 1 fully saturated rings. The van der Waals surface area contributed by atoms with Crippen molar-refractivity contribution in [3.8, 4) is 11.1 Å². The van der Waals surface area contributed by atoms with Gasteiger partial charge in [0.05, 0.1) is 12.3 Å². The Morgan fingerprint density at radius 2 is 1.91 bits per heavy atom. The molecule has 1 amide bonds. The van der Waals surface area contributed by atoms with Crippen LogP contribution < -0.4 is 10.6 Å². The van der Waals surface area contributed by atoms with Crippen molar-refractivity contribution in [1.29, 1.82) is 0 Å². The fourth-order valence-electron chi connectivity index (χ4n) is 2.66. The van der Waals surface area contributed by atoms with Crippen LogP contribution in [0.5, 0.6) is 0 Å². The van der Waals surface area contributed by atoms with Crippen LogP contribution in [0.15, 0.2) is 54.6 Å². The summed E-state index contributed by atoms with van der Waals surface area (Å²) in [6.45, 7) is 2.40. The van der Waals surface area contributed by atoms with E-state index in [2.05, 4.69) is 10.6 Å². The third-order valence-corrected chi connectivity index (χ3v) is 3.86. The van der Waals surface area contributed by atoms with Gasteiger partial charge in [-0.1, -0.05) is 48.5 Å². The molecule has 3 rings (SSSR count). The van der Waals surface area contributed by atoms with Gasteiger partial charge in [0.2, 0.25) is 0 Å². The van der Waals surface area contributed by atoms with Crippen molar-refractivity contribution in [1.82, 2.24) is 5.32 Å². The number of anilines is 1. The highest BCUT2D eigenvalue weighted by atomic mass is 16.5. The maximum absolute atomic E-state index is 12.0. The van der Waals surface area contributed by atoms with Gasteiger partial charge in [0.1, 0.15) is 0 Å². The molecule has 0 spiro atoms. The highest BCUT2D eigenvalue weighted by Crippen LogP contribution is 2.27. The van der Waals surface area contributed by atoms with Crippen LogP contribution in [0.4, 0.5) is 10.5 Å². The molecular weight excluding hydrogens is 276 g/mol. The molecule has 4 nitrogen and oxygen atoms in total. The number of nitrogens with one attached hydrogen (secondary N) is 2. The lowest BCUT2D eigenvalue weighted by molar-refractivity contribution is 0.144. The van der Waals surface area contributed by atoms with E-state index in [0.29, 0.717) is 12.5 Å². The molecule has 1 saturated heterocycles. The van der Waals surface area contributed by atoms with Crippen LogP contribution in [0.25, 0.3) is 11.1 Å². The highest BCUT2D eigenvalue weighted by molar-refractivity contribution is 5.91. The third kappa shape index (κ3) is 3.65. The summed E-state index contributed by atoms with van der Waals surface area (Å²) in [5, 5.41) is 6.12. The molecule has 1 heterocycles. The second-order valence-corrected chi connectivity index (χ2v) is 5.49. The molecule has 2 N–H and O–H groups in total. The van der Waals surface area contributed by atoms with E-state index in [1.807, 2.05) is 54.6 Å². The van der Waals surface area contributed by atoms with Crippen molar-refractivity contribution in [2.45, 2.75) is 6.42 Å². The first-order valence-electron chi connectivity index (χ1n) is 7.62. The van der Waals surface area contributed by atoms with E-state index < -0.39 is 6.09 Å². The molecule has 2 aromatic rings. The smallest absolute Gasteiger partial charge is 0.411 e. The maximum atomic E-state index is 12.0. The molecular formula is C18H20N2O2. The first-order valence-corrected chi connectivity index (χ1v) is 7.62. The van der Waals surface area contributed by atoms with Gasteiger partial charge in [0, 0.05) is 18.0 Å². The van der Waals surface area contributed by atoms with Gasteiger partial charge < -0.3 is 10.1 Å². The van der Waals surface area contributed by atoms with Crippen molar-refractivity contribution < 1.29 is 9.53 Å². The fourth-order valence-corrected chi connectivity index (χ4v) is 2.66. The van der Waals surface area contributed by atoms with Crippen LogP contribution in [0.2, 0.25) is 0 Å². The van der Waals surface area contributed by atoms with Crippen LogP contribution >= 0.6 is 0 Å². The summed E-state index contributed by atoms with van der Waals surface area (Å²) < 4.78 is 5.33. The molecule has 0 radical (unpaired) electrons. The molecule has 1 aliphatic rings. The van der Waals surface area contributed by atoms with E-state index in [1.54, 1.807) is 0 Å². The number of ether oxygens (including phenoxy) is 1. The average Bonchev–Trinajstić information content (AvgIpc) is 3.08. The second kappa shape index (κ2) is 7.09. The van der Waals surface area contributed by atoms with Crippen LogP contribution in [-0.2, 0) is 4.74 Å². The summed E-state index contributed by atoms with van der Waals surface area (Å²) in [4.78, 5) is 12.0. The van der Waals surface area contributed by atoms with E-state index in [4.69, 9.17) is 4.74 Å². The molecule has 1 aliphatic heterocycles. The third-order valence-electron chi connectivity index (χ3n) is 3.86. The Hall–Kier alpha value is -2.33. The minimum Gasteiger partial charge on any atom is -0.449 e. The number of rotatable bonds is 4. The molecule has 0 unspecified atom stereocenters. The second-order valence-electron chi connectivity index (χ2n) is 5.49. The summed E-state index contributed by atoms with van der Waals surface area (Å²) in [5.41, 5.74) is 2.82. The molecule has 22 heavy (non-hydrogen) atoms. The zero-order valence-corrected chi connectivity index (χ0v) is 12.4. The molecule has 0 bridgehead atoms. The topological polar surface area (TPSA) is 50.4 Å². The van der Waals surface area contributed by atoms with E-state index >= 15 is 0 Å². The van der Waals surface area contributed by atoms with E-state index in [-0.39, 0.29) is 0 Å². The van der Waals surface area contributed by atoms with Crippen LogP contribution in [0, 0.1) is 5.92 Å². The van der Waals surface area contributed by atoms with Gasteiger partial charge in [-0.2, -0.15) is 0 Å². The number of hydrogen-bond acceptors (Lipinski definition) is 3. The number of para-hydroxylation sites is 1. The lowest BCUT2D eigenvalue weighted by Crippen LogP contribution is -2.20. The molecule has 1 atom stereocenters. The Balaban J connectivity index is 1.66. The van der Waals surface area contributed by atoms with Crippen molar-refractivity contribution >= 4 is 11.8 Å². The Labute approximate surface area is 130 Å². The van der Waals surface area contributed by atoms with Crippen molar-refractivity contribution in [2.24, 2.45) is 5.92 Å². The number of hydrogen-bond donors (Lipinski definition) is 2. The maximum Gasteiger partial charge on any atom is 0.411 e. The summed E-state index contributed by atoms with van der Waals surface area (Å²) in [5.74, 6) is 0.426. The zero-order chi connectivity index (χ0) is 15.2. The predicted octanol–water partition coefficient (Wildman–Crippen LogP) is 3.51. The normalized spacial score (nSPS) is 17.2. The SMILES string of the molecule is O=C(Nc1ccccc1-c1ccccc1)OC[C@H]1CCNC1. The molecule has 2 aromatic carbocycles. The molecule has 0 aliphatic carbocycles. The summed E-state index contributed by atoms with van der Waals surface area (Å²) >= 11 is 0. The van der Waals surface area contributed by atoms with Crippen LogP contribution in [0.1, 0.15) is 6.42 Å². The predicted molar refractivity (Wildman–Crippen MR) is 87.8 cm³/mol. The Kier molecular flexibility index (Phi) is 4.71. The highest BCUT2D eigenvalue weighted by Gasteiger charge is 2.17. The summed E-state index contributed by atoms with van der Waals surface area (Å²) in [7, 11) is 0. The van der Waals surface area contributed by atoms with Gasteiger partial charge in [-0.3, -0.25) is 5.32 Å². The molecule has 114 valence electrons. The van der Waals surface area contributed by atoms with Gasteiger partial charge >= 0.3 is 6.09 Å². The number of carbonyl (C=O) groups excluding carboxylic acids is 1. The van der Waals surface area contributed by atoms with Crippen molar-refractivity contribution in [2.75, 3.05) is 25.0 Å². The standard InChI is InChI=1S/C18H20N2O2/c21-18(22-13-14-10-11-19-12-14)20-17-9-5-4-8-16(17)15-6-2-1-3-7-15/h1-9,14,19H,10-13H2,(H,20,21)/t14-/m0/s1. The van der Waals surface area contributed by atoms with E-state index in [0.717, 1.165) is 36.3 Å². The van der Waals surface area contributed by atoms with Gasteiger partial charge in [0.15, 0.2) is 0 Å². The van der Waals surface area contributed by atoms with Gasteiger partial charge in [0.25, 0.3) is 0 Å². The molecule has 0 aromatic heterocycles. The first kappa shape index (κ1) is 14.6. The Morgan fingerprint density at radius 1 is 1.14 bits per heavy atom. The first-order chi connectivity index (χ1) is 10.8. The van der Waals surface area contributed by atoms with Crippen LogP contribution in [-0.4, -0.2) is 25.8 Å². The summed E-state index contributed by atoms with van der Waals surface area (Å²) in [6.07, 6.45) is 0.670. The lowest BCUT2D eigenvalue weighted by atomic mass is 10.0. The summed E-state index contributed by atoms with van der Waals surface area (Å²) in [6, 6.07) is 17.7. The largest absolute Gasteiger partial charge is 0.449 e. The molecule has 4 heteroatoms. The monoisotopic (exact) mass is 296 g/mol. The Morgan fingerprint density at radius 3 is 2.68 bits per heavy atom. The van der Waals surface area contributed by atoms with Gasteiger partial charge in [-0.25, -0.2) is 4.79 Å². The lowest BCUT2D eigenvalue weighted by Gasteiger charge is -2.13. The van der Waals surface area contributed by atoms with E-state index in [9.17, 15) is 4.79 Å². The van der Waals surface area contributed by atoms with Gasteiger partial charge in [-0.05, 0) is 24.6 Å². The minimum absolute atomic E-state index is 0.393. The minimum atomic E-state index is -0.393.